The Morgan fingerprint density at radius 3 is 2.79 bits per heavy atom. The standard InChI is InChI=1S/C19H24N2O3/c22-17(21(24)12-13-2-1-3-13)15-5-4-14-6-7-19(11-16(14)10-15)8-9-20-18(19)23/h4-5,10,13,24H,1-3,6-9,11-12H2,(H,20,23)/t19-/m1/s1. The van der Waals surface area contributed by atoms with Crippen LogP contribution in [0.5, 0.6) is 0 Å². The van der Waals surface area contributed by atoms with Gasteiger partial charge in [-0.1, -0.05) is 12.5 Å². The molecule has 3 aliphatic rings. The van der Waals surface area contributed by atoms with Crippen molar-refractivity contribution in [2.24, 2.45) is 11.3 Å². The van der Waals surface area contributed by atoms with E-state index in [0.717, 1.165) is 49.3 Å². The summed E-state index contributed by atoms with van der Waals surface area (Å²) in [5.41, 5.74) is 2.53. The molecular weight excluding hydrogens is 304 g/mol. The molecule has 5 nitrogen and oxygen atoms in total. The highest BCUT2D eigenvalue weighted by Crippen LogP contribution is 2.41. The van der Waals surface area contributed by atoms with Crippen LogP contribution < -0.4 is 5.32 Å². The maximum absolute atomic E-state index is 12.5. The molecule has 2 amide bonds. The second-order valence-electron chi connectivity index (χ2n) is 7.63. The predicted molar refractivity (Wildman–Crippen MR) is 88.7 cm³/mol. The van der Waals surface area contributed by atoms with Crippen molar-refractivity contribution in [1.82, 2.24) is 10.4 Å². The second kappa shape index (κ2) is 5.88. The molecule has 1 aromatic carbocycles. The highest BCUT2D eigenvalue weighted by Gasteiger charge is 2.44. The molecule has 1 saturated heterocycles. The summed E-state index contributed by atoms with van der Waals surface area (Å²) < 4.78 is 0. The van der Waals surface area contributed by atoms with E-state index in [1.165, 1.54) is 12.0 Å². The largest absolute Gasteiger partial charge is 0.356 e. The van der Waals surface area contributed by atoms with Gasteiger partial charge in [0.25, 0.3) is 5.91 Å². The van der Waals surface area contributed by atoms with Gasteiger partial charge >= 0.3 is 0 Å². The van der Waals surface area contributed by atoms with Gasteiger partial charge < -0.3 is 5.32 Å². The first-order valence-corrected chi connectivity index (χ1v) is 8.98. The number of carbonyl (C=O) groups excluding carboxylic acids is 2. The van der Waals surface area contributed by atoms with Crippen molar-refractivity contribution < 1.29 is 14.8 Å². The zero-order valence-electron chi connectivity index (χ0n) is 13.9. The smallest absolute Gasteiger partial charge is 0.277 e. The molecule has 1 atom stereocenters. The molecule has 1 aliphatic heterocycles. The summed E-state index contributed by atoms with van der Waals surface area (Å²) >= 11 is 0. The summed E-state index contributed by atoms with van der Waals surface area (Å²) in [5, 5.41) is 13.9. The van der Waals surface area contributed by atoms with Crippen molar-refractivity contribution in [2.45, 2.75) is 44.9 Å². The van der Waals surface area contributed by atoms with E-state index in [9.17, 15) is 14.8 Å². The molecule has 2 aliphatic carbocycles. The number of amides is 2. The normalized spacial score (nSPS) is 26.0. The predicted octanol–water partition coefficient (Wildman–Crippen LogP) is 2.31. The zero-order chi connectivity index (χ0) is 16.7. The Bertz CT molecular complexity index is 683. The van der Waals surface area contributed by atoms with E-state index in [2.05, 4.69) is 5.32 Å². The number of nitrogens with one attached hydrogen (secondary N) is 1. The Hall–Kier alpha value is -1.88. The monoisotopic (exact) mass is 328 g/mol. The van der Waals surface area contributed by atoms with Gasteiger partial charge in [0.15, 0.2) is 0 Å². The van der Waals surface area contributed by atoms with Crippen LogP contribution in [0.3, 0.4) is 0 Å². The van der Waals surface area contributed by atoms with E-state index in [0.29, 0.717) is 24.4 Å². The molecule has 0 bridgehead atoms. The van der Waals surface area contributed by atoms with E-state index < -0.39 is 0 Å². The van der Waals surface area contributed by atoms with E-state index in [1.807, 2.05) is 12.1 Å². The summed E-state index contributed by atoms with van der Waals surface area (Å²) in [6, 6.07) is 5.67. The minimum absolute atomic E-state index is 0.152. The fourth-order valence-corrected chi connectivity index (χ4v) is 4.27. The lowest BCUT2D eigenvalue weighted by atomic mass is 9.70. The Labute approximate surface area is 142 Å². The number of hydrogen-bond acceptors (Lipinski definition) is 3. The number of carbonyl (C=O) groups is 2. The molecule has 1 saturated carbocycles. The van der Waals surface area contributed by atoms with Crippen LogP contribution in [0.4, 0.5) is 0 Å². The van der Waals surface area contributed by atoms with Gasteiger partial charge in [-0.3, -0.25) is 14.8 Å². The van der Waals surface area contributed by atoms with E-state index >= 15 is 0 Å². The van der Waals surface area contributed by atoms with Crippen molar-refractivity contribution in [3.63, 3.8) is 0 Å². The van der Waals surface area contributed by atoms with Crippen LogP contribution in [0.15, 0.2) is 18.2 Å². The molecule has 2 fully saturated rings. The highest BCUT2D eigenvalue weighted by atomic mass is 16.5. The van der Waals surface area contributed by atoms with Gasteiger partial charge in [0, 0.05) is 12.1 Å². The van der Waals surface area contributed by atoms with Gasteiger partial charge in [0.05, 0.1) is 12.0 Å². The third-order valence-electron chi connectivity index (χ3n) is 6.12. The van der Waals surface area contributed by atoms with Crippen LogP contribution in [0.2, 0.25) is 0 Å². The molecule has 1 spiro atoms. The third-order valence-corrected chi connectivity index (χ3v) is 6.12. The van der Waals surface area contributed by atoms with Crippen molar-refractivity contribution in [2.75, 3.05) is 13.1 Å². The lowest BCUT2D eigenvalue weighted by Crippen LogP contribution is -2.37. The Balaban J connectivity index is 1.53. The van der Waals surface area contributed by atoms with Gasteiger partial charge in [0.1, 0.15) is 0 Å². The van der Waals surface area contributed by atoms with Crippen LogP contribution in [0, 0.1) is 11.3 Å². The second-order valence-corrected chi connectivity index (χ2v) is 7.63. The summed E-state index contributed by atoms with van der Waals surface area (Å²) in [4.78, 5) is 24.7. The van der Waals surface area contributed by atoms with Crippen LogP contribution in [-0.2, 0) is 17.6 Å². The average Bonchev–Trinajstić information content (AvgIpc) is 2.89. The van der Waals surface area contributed by atoms with Gasteiger partial charge in [-0.25, -0.2) is 5.06 Å². The summed E-state index contributed by atoms with van der Waals surface area (Å²) in [6.07, 6.45) is 6.70. The fourth-order valence-electron chi connectivity index (χ4n) is 4.27. The SMILES string of the molecule is O=C(c1ccc2c(c1)C[C@]1(CCNC1=O)CC2)N(O)CC1CCC1. The summed E-state index contributed by atoms with van der Waals surface area (Å²) in [6.45, 7) is 1.17. The average molecular weight is 328 g/mol. The molecule has 24 heavy (non-hydrogen) atoms. The van der Waals surface area contributed by atoms with Crippen molar-refractivity contribution >= 4 is 11.8 Å². The zero-order valence-corrected chi connectivity index (χ0v) is 13.9. The van der Waals surface area contributed by atoms with Crippen molar-refractivity contribution in [3.8, 4) is 0 Å². The molecule has 1 aromatic rings. The molecule has 2 N–H and O–H groups in total. The van der Waals surface area contributed by atoms with Gasteiger partial charge in [-0.15, -0.1) is 0 Å². The van der Waals surface area contributed by atoms with E-state index in [-0.39, 0.29) is 17.2 Å². The van der Waals surface area contributed by atoms with Gasteiger partial charge in [-0.2, -0.15) is 0 Å². The van der Waals surface area contributed by atoms with Gasteiger partial charge in [0.2, 0.25) is 5.91 Å². The first-order valence-electron chi connectivity index (χ1n) is 8.98. The summed E-state index contributed by atoms with van der Waals surface area (Å²) in [5.74, 6) is 0.251. The molecule has 5 heteroatoms. The molecule has 0 aromatic heterocycles. The number of aryl methyl sites for hydroxylation is 1. The van der Waals surface area contributed by atoms with Crippen molar-refractivity contribution in [3.05, 3.63) is 34.9 Å². The molecular formula is C19H24N2O3. The van der Waals surface area contributed by atoms with Crippen LogP contribution in [0.25, 0.3) is 0 Å². The maximum atomic E-state index is 12.5. The first-order chi connectivity index (χ1) is 11.6. The number of fused-ring (bicyclic) bond motifs is 1. The van der Waals surface area contributed by atoms with E-state index in [4.69, 9.17) is 0 Å². The maximum Gasteiger partial charge on any atom is 0.277 e. The Morgan fingerprint density at radius 2 is 2.12 bits per heavy atom. The quantitative estimate of drug-likeness (QED) is 0.661. The van der Waals surface area contributed by atoms with Gasteiger partial charge in [-0.05, 0) is 67.7 Å². The lowest BCUT2D eigenvalue weighted by molar-refractivity contribution is -0.128. The topological polar surface area (TPSA) is 69.6 Å². The molecule has 1 heterocycles. The molecule has 0 radical (unpaired) electrons. The Morgan fingerprint density at radius 1 is 1.29 bits per heavy atom. The molecule has 0 unspecified atom stereocenters. The number of hydroxylamine groups is 2. The number of rotatable bonds is 3. The minimum atomic E-state index is -0.333. The van der Waals surface area contributed by atoms with Crippen molar-refractivity contribution in [1.29, 1.82) is 0 Å². The van der Waals surface area contributed by atoms with Crippen LogP contribution in [-0.4, -0.2) is 35.2 Å². The lowest BCUT2D eigenvalue weighted by Gasteiger charge is -2.32. The highest BCUT2D eigenvalue weighted by molar-refractivity contribution is 5.94. The molecule has 4 rings (SSSR count). The Kier molecular flexibility index (Phi) is 3.83. The number of benzene rings is 1. The molecule has 128 valence electrons. The third kappa shape index (κ3) is 2.61. The fraction of sp³-hybridized carbons (Fsp3) is 0.579. The van der Waals surface area contributed by atoms with Crippen LogP contribution in [0.1, 0.15) is 53.6 Å². The first kappa shape index (κ1) is 15.6. The minimum Gasteiger partial charge on any atom is -0.356 e. The van der Waals surface area contributed by atoms with Crippen LogP contribution >= 0.6 is 0 Å². The number of nitrogens with zero attached hydrogens (tertiary/aromatic N) is 1. The summed E-state index contributed by atoms with van der Waals surface area (Å²) in [7, 11) is 0. The number of hydrogen-bond donors (Lipinski definition) is 2. The van der Waals surface area contributed by atoms with E-state index in [1.54, 1.807) is 6.07 Å².